The molecule has 1 N–H and O–H groups in total. The van der Waals surface area contributed by atoms with Gasteiger partial charge in [0.1, 0.15) is 11.6 Å². The van der Waals surface area contributed by atoms with Crippen molar-refractivity contribution in [2.75, 3.05) is 6.54 Å². The van der Waals surface area contributed by atoms with E-state index in [4.69, 9.17) is 16.3 Å². The van der Waals surface area contributed by atoms with Gasteiger partial charge in [-0.05, 0) is 31.2 Å². The van der Waals surface area contributed by atoms with Crippen LogP contribution in [0.3, 0.4) is 0 Å². The first kappa shape index (κ1) is 33.5. The van der Waals surface area contributed by atoms with Gasteiger partial charge in [-0.3, -0.25) is 9.78 Å². The maximum Gasteiger partial charge on any atom is 0.426 e. The number of hydrogen-bond acceptors (Lipinski definition) is 6. The second-order valence-electron chi connectivity index (χ2n) is 10.2. The Morgan fingerprint density at radius 1 is 1.19 bits per heavy atom. The van der Waals surface area contributed by atoms with Crippen molar-refractivity contribution in [1.82, 2.24) is 15.4 Å². The summed E-state index contributed by atoms with van der Waals surface area (Å²) < 4.78 is 96.8. The summed E-state index contributed by atoms with van der Waals surface area (Å²) in [6.45, 7) is 4.91. The van der Waals surface area contributed by atoms with E-state index in [-0.39, 0.29) is 6.03 Å². The number of carbonyl (C=O) groups is 2. The number of nitrogens with one attached hydrogen (secondary N) is 1. The first-order chi connectivity index (χ1) is 20.0. The molecule has 1 aliphatic heterocycles. The second kappa shape index (κ2) is 13.1. The van der Waals surface area contributed by atoms with Gasteiger partial charge in [0.25, 0.3) is 0 Å². The van der Waals surface area contributed by atoms with Crippen molar-refractivity contribution in [2.24, 2.45) is 27.5 Å². The lowest BCUT2D eigenvalue weighted by Crippen LogP contribution is -2.42. The van der Waals surface area contributed by atoms with Crippen molar-refractivity contribution in [3.8, 4) is 0 Å². The highest BCUT2D eigenvalue weighted by atomic mass is 35.5. The number of alkyl halides is 3. The molecule has 0 spiro atoms. The Hall–Kier alpha value is -4.01. The zero-order chi connectivity index (χ0) is 32.3. The predicted molar refractivity (Wildman–Crippen MR) is 142 cm³/mol. The second-order valence-corrected chi connectivity index (χ2v) is 10.6. The van der Waals surface area contributed by atoms with E-state index < -0.39 is 75.4 Å². The Kier molecular flexibility index (Phi) is 10.2. The van der Waals surface area contributed by atoms with Gasteiger partial charge in [0, 0.05) is 23.5 Å². The van der Waals surface area contributed by atoms with Gasteiger partial charge < -0.3 is 4.74 Å². The molecule has 0 radical (unpaired) electrons. The van der Waals surface area contributed by atoms with Crippen LogP contribution in [0.15, 0.2) is 45.8 Å². The molecule has 2 amide bonds. The number of amides is 2. The third-order valence-corrected chi connectivity index (χ3v) is 7.02. The molecule has 2 heterocycles. The summed E-state index contributed by atoms with van der Waals surface area (Å²) in [6.07, 6.45) is 0.830. The molecule has 0 saturated heterocycles. The minimum atomic E-state index is -4.78. The van der Waals surface area contributed by atoms with Crippen LogP contribution in [0.1, 0.15) is 37.5 Å². The lowest BCUT2D eigenvalue weighted by atomic mass is 10.1. The zero-order valence-corrected chi connectivity index (χ0v) is 23.8. The number of hydrogen-bond donors (Lipinski definition) is 1. The SMILES string of the molecule is CC1=NNC(=O)N(/N=C/c2cccnc2)C1.Cc1c(F)c(F)c(COC(=O)C2C(/C=C(\Cl)C(F)(F)F)C2(C)C)c(F)c1F. The molecule has 1 saturated carbocycles. The van der Waals surface area contributed by atoms with E-state index in [2.05, 4.69) is 20.6 Å². The third-order valence-electron chi connectivity index (χ3n) is 6.68. The molecule has 1 aliphatic carbocycles. The highest BCUT2D eigenvalue weighted by Gasteiger charge is 2.62. The van der Waals surface area contributed by atoms with E-state index in [0.717, 1.165) is 18.2 Å². The molecule has 2 unspecified atom stereocenters. The van der Waals surface area contributed by atoms with Gasteiger partial charge in [-0.15, -0.1) is 0 Å². The number of benzene rings is 1. The molecule has 8 nitrogen and oxygen atoms in total. The molecule has 2 aromatic rings. The summed E-state index contributed by atoms with van der Waals surface area (Å²) in [5, 5.41) is 7.77. The fourth-order valence-corrected chi connectivity index (χ4v) is 4.18. The molecule has 1 aromatic heterocycles. The Bertz CT molecular complexity index is 1450. The molecule has 16 heteroatoms. The van der Waals surface area contributed by atoms with Crippen LogP contribution in [0.5, 0.6) is 0 Å². The molecule has 232 valence electrons. The van der Waals surface area contributed by atoms with Crippen LogP contribution in [-0.4, -0.2) is 46.6 Å². The van der Waals surface area contributed by atoms with Gasteiger partial charge in [-0.25, -0.2) is 32.8 Å². The van der Waals surface area contributed by atoms with Crippen molar-refractivity contribution < 1.29 is 45.1 Å². The number of aromatic nitrogens is 1. The van der Waals surface area contributed by atoms with E-state index in [1.165, 1.54) is 18.9 Å². The Morgan fingerprint density at radius 2 is 1.81 bits per heavy atom. The minimum Gasteiger partial charge on any atom is -0.460 e. The first-order valence-corrected chi connectivity index (χ1v) is 12.8. The number of allylic oxidation sites excluding steroid dienone is 2. The van der Waals surface area contributed by atoms with Gasteiger partial charge in [0.15, 0.2) is 23.3 Å². The summed E-state index contributed by atoms with van der Waals surface area (Å²) >= 11 is 5.15. The van der Waals surface area contributed by atoms with Crippen molar-refractivity contribution in [2.45, 2.75) is 40.5 Å². The number of esters is 1. The predicted octanol–water partition coefficient (Wildman–Crippen LogP) is 6.37. The first-order valence-electron chi connectivity index (χ1n) is 12.4. The largest absolute Gasteiger partial charge is 0.460 e. The van der Waals surface area contributed by atoms with E-state index in [0.29, 0.717) is 12.6 Å². The van der Waals surface area contributed by atoms with E-state index in [1.54, 1.807) is 18.6 Å². The molecule has 1 aromatic carbocycles. The van der Waals surface area contributed by atoms with Crippen LogP contribution < -0.4 is 5.43 Å². The number of ether oxygens (including phenoxy) is 1. The van der Waals surface area contributed by atoms with Crippen molar-refractivity contribution in [3.63, 3.8) is 0 Å². The minimum absolute atomic E-state index is 0.328. The quantitative estimate of drug-likeness (QED) is 0.173. The van der Waals surface area contributed by atoms with Gasteiger partial charge in [-0.2, -0.15) is 23.4 Å². The fourth-order valence-electron chi connectivity index (χ4n) is 4.04. The Morgan fingerprint density at radius 3 is 2.37 bits per heavy atom. The molecular weight excluding hydrogens is 611 g/mol. The average molecular weight is 636 g/mol. The number of carbonyl (C=O) groups excluding carboxylic acids is 2. The zero-order valence-electron chi connectivity index (χ0n) is 23.1. The van der Waals surface area contributed by atoms with Crippen molar-refractivity contribution >= 4 is 35.5 Å². The van der Waals surface area contributed by atoms with E-state index in [9.17, 15) is 40.3 Å². The van der Waals surface area contributed by atoms with Gasteiger partial charge in [-0.1, -0.05) is 37.6 Å². The van der Waals surface area contributed by atoms with Crippen LogP contribution >= 0.6 is 11.6 Å². The maximum absolute atomic E-state index is 13.8. The molecule has 2 atom stereocenters. The van der Waals surface area contributed by atoms with Gasteiger partial charge in [0.05, 0.1) is 30.0 Å². The fraction of sp³-hybridized carbons (Fsp3) is 0.370. The molecule has 1 fully saturated rings. The van der Waals surface area contributed by atoms with Crippen molar-refractivity contribution in [3.05, 3.63) is 75.6 Å². The highest BCUT2D eigenvalue weighted by molar-refractivity contribution is 6.30. The molecule has 43 heavy (non-hydrogen) atoms. The summed E-state index contributed by atoms with van der Waals surface area (Å²) in [6, 6.07) is 3.34. The van der Waals surface area contributed by atoms with Crippen LogP contribution in [0.2, 0.25) is 0 Å². The highest BCUT2D eigenvalue weighted by Crippen LogP contribution is 2.60. The monoisotopic (exact) mass is 635 g/mol. The Labute approximate surface area is 246 Å². The van der Waals surface area contributed by atoms with E-state index in [1.807, 2.05) is 19.1 Å². The van der Waals surface area contributed by atoms with Crippen LogP contribution in [0.25, 0.3) is 0 Å². The van der Waals surface area contributed by atoms with Crippen LogP contribution in [-0.2, 0) is 16.1 Å². The van der Waals surface area contributed by atoms with Crippen LogP contribution in [0, 0.1) is 47.4 Å². The number of urea groups is 1. The number of pyridine rings is 1. The lowest BCUT2D eigenvalue weighted by molar-refractivity contribution is -0.147. The summed E-state index contributed by atoms with van der Waals surface area (Å²) in [5.74, 6) is -9.68. The number of halogens is 8. The maximum atomic E-state index is 13.8. The lowest BCUT2D eigenvalue weighted by Gasteiger charge is -2.20. The summed E-state index contributed by atoms with van der Waals surface area (Å²) in [5.41, 5.74) is 1.09. The third kappa shape index (κ3) is 7.89. The van der Waals surface area contributed by atoms with E-state index >= 15 is 0 Å². The molecule has 2 aliphatic rings. The summed E-state index contributed by atoms with van der Waals surface area (Å²) in [4.78, 5) is 27.4. The smallest absolute Gasteiger partial charge is 0.426 e. The molecular formula is C27H25ClF7N5O3. The topological polar surface area (TPSA) is 96.2 Å². The number of hydrazone groups is 2. The molecule has 4 rings (SSSR count). The number of rotatable bonds is 6. The molecule has 0 bridgehead atoms. The average Bonchev–Trinajstić information content (AvgIpc) is 3.50. The van der Waals surface area contributed by atoms with Crippen LogP contribution in [0.4, 0.5) is 35.5 Å². The normalized spacial score (nSPS) is 19.8. The summed E-state index contributed by atoms with van der Waals surface area (Å²) in [7, 11) is 0. The van der Waals surface area contributed by atoms with Crippen molar-refractivity contribution in [1.29, 1.82) is 0 Å². The van der Waals surface area contributed by atoms with Gasteiger partial charge >= 0.3 is 18.2 Å². The number of nitrogens with zero attached hydrogens (tertiary/aromatic N) is 4. The Balaban J connectivity index is 0.000000268. The standard InChI is InChI=1S/C17H14ClF7O2.C10H11N5O/c1-6-11(19)13(21)7(14(22)12(6)20)5-27-15(26)10-8(16(10,2)3)4-9(18)17(23,24)25;1-8-7-15(10(16)14-13-8)12-6-9-3-2-4-11-5-9/h4,8,10H,5H2,1-3H3;2-6H,7H2,1H3,(H,14,16)/b9-4-;12-6+. The van der Waals surface area contributed by atoms with Gasteiger partial charge in [0.2, 0.25) is 0 Å².